The fourth-order valence-electron chi connectivity index (χ4n) is 1.93. The number of aliphatic hydroxyl groups excluding tert-OH is 1. The zero-order chi connectivity index (χ0) is 10.7. The Morgan fingerprint density at radius 2 is 2.53 bits per heavy atom. The first-order chi connectivity index (χ1) is 7.25. The summed E-state index contributed by atoms with van der Waals surface area (Å²) in [6, 6.07) is 0.265. The molecule has 0 bridgehead atoms. The van der Waals surface area contributed by atoms with E-state index in [1.54, 1.807) is 13.1 Å². The number of aliphatic hydroxyl groups is 1. The normalized spacial score (nSPS) is 24.0. The van der Waals surface area contributed by atoms with Crippen molar-refractivity contribution < 1.29 is 9.52 Å². The van der Waals surface area contributed by atoms with Gasteiger partial charge in [0.2, 0.25) is 5.89 Å². The van der Waals surface area contributed by atoms with Crippen LogP contribution in [-0.2, 0) is 6.42 Å². The van der Waals surface area contributed by atoms with Crippen LogP contribution in [0.1, 0.15) is 43.9 Å². The van der Waals surface area contributed by atoms with Crippen LogP contribution in [0.25, 0.3) is 0 Å². The fraction of sp³-hybridized carbons (Fsp3) is 0.727. The molecule has 2 heterocycles. The molecule has 0 amide bonds. The Morgan fingerprint density at radius 3 is 3.20 bits per heavy atom. The monoisotopic (exact) mass is 210 g/mol. The molecule has 0 aromatic carbocycles. The maximum Gasteiger partial charge on any atom is 0.211 e. The van der Waals surface area contributed by atoms with E-state index in [0.717, 1.165) is 24.6 Å². The van der Waals surface area contributed by atoms with Gasteiger partial charge in [-0.25, -0.2) is 4.98 Å². The lowest BCUT2D eigenvalue weighted by Crippen LogP contribution is -2.26. The largest absolute Gasteiger partial charge is 0.444 e. The predicted octanol–water partition coefficient (Wildman–Crippen LogP) is 1.41. The fourth-order valence-corrected chi connectivity index (χ4v) is 1.93. The third-order valence-electron chi connectivity index (χ3n) is 2.68. The molecule has 84 valence electrons. The van der Waals surface area contributed by atoms with Crippen molar-refractivity contribution in [2.24, 2.45) is 0 Å². The van der Waals surface area contributed by atoms with E-state index in [1.807, 2.05) is 0 Å². The molecule has 2 N–H and O–H groups in total. The smallest absolute Gasteiger partial charge is 0.211 e. The van der Waals surface area contributed by atoms with Crippen molar-refractivity contribution in [2.75, 3.05) is 6.54 Å². The van der Waals surface area contributed by atoms with Crippen LogP contribution in [0.2, 0.25) is 0 Å². The molecule has 0 saturated carbocycles. The van der Waals surface area contributed by atoms with Crippen LogP contribution >= 0.6 is 0 Å². The molecule has 15 heavy (non-hydrogen) atoms. The minimum atomic E-state index is -0.370. The van der Waals surface area contributed by atoms with Gasteiger partial charge in [0.25, 0.3) is 0 Å². The molecule has 0 aliphatic carbocycles. The van der Waals surface area contributed by atoms with E-state index >= 15 is 0 Å². The molecule has 2 unspecified atom stereocenters. The minimum absolute atomic E-state index is 0.265. The van der Waals surface area contributed by atoms with Gasteiger partial charge >= 0.3 is 0 Å². The summed E-state index contributed by atoms with van der Waals surface area (Å²) in [6.07, 6.45) is 5.45. The van der Waals surface area contributed by atoms with Crippen LogP contribution in [0.5, 0.6) is 0 Å². The van der Waals surface area contributed by atoms with Gasteiger partial charge in [0, 0.05) is 6.42 Å². The van der Waals surface area contributed by atoms with Crippen LogP contribution in [0.15, 0.2) is 10.6 Å². The first-order valence-electron chi connectivity index (χ1n) is 5.62. The van der Waals surface area contributed by atoms with Crippen molar-refractivity contribution in [3.63, 3.8) is 0 Å². The molecule has 1 aromatic heterocycles. The zero-order valence-electron chi connectivity index (χ0n) is 9.07. The number of oxazole rings is 1. The van der Waals surface area contributed by atoms with Gasteiger partial charge in [-0.15, -0.1) is 0 Å². The van der Waals surface area contributed by atoms with E-state index in [9.17, 15) is 5.11 Å². The maximum atomic E-state index is 9.22. The van der Waals surface area contributed by atoms with Crippen molar-refractivity contribution in [1.82, 2.24) is 10.3 Å². The standard InChI is InChI=1S/C11H18N2O2/c1-8(14)6-9-7-13-11(15-9)10-4-2-3-5-12-10/h7-8,10,12,14H,2-6H2,1H3. The van der Waals surface area contributed by atoms with Crippen molar-refractivity contribution in [3.8, 4) is 0 Å². The Bertz CT molecular complexity index is 303. The van der Waals surface area contributed by atoms with Crippen molar-refractivity contribution >= 4 is 0 Å². The van der Waals surface area contributed by atoms with E-state index < -0.39 is 0 Å². The van der Waals surface area contributed by atoms with E-state index in [-0.39, 0.29) is 12.1 Å². The van der Waals surface area contributed by atoms with Crippen molar-refractivity contribution in [2.45, 2.75) is 44.8 Å². The lowest BCUT2D eigenvalue weighted by molar-refractivity contribution is 0.185. The quantitative estimate of drug-likeness (QED) is 0.792. The summed E-state index contributed by atoms with van der Waals surface area (Å²) in [6.45, 7) is 2.79. The van der Waals surface area contributed by atoms with Gasteiger partial charge in [0.05, 0.1) is 18.3 Å². The second-order valence-electron chi connectivity index (χ2n) is 4.22. The molecule has 1 aromatic rings. The van der Waals surface area contributed by atoms with Gasteiger partial charge in [0.15, 0.2) is 0 Å². The summed E-state index contributed by atoms with van der Waals surface area (Å²) in [5.41, 5.74) is 0. The Balaban J connectivity index is 1.99. The topological polar surface area (TPSA) is 58.3 Å². The first kappa shape index (κ1) is 10.6. The summed E-state index contributed by atoms with van der Waals surface area (Å²) in [4.78, 5) is 4.25. The van der Waals surface area contributed by atoms with E-state index in [0.29, 0.717) is 6.42 Å². The second-order valence-corrected chi connectivity index (χ2v) is 4.22. The van der Waals surface area contributed by atoms with E-state index in [1.165, 1.54) is 12.8 Å². The molecule has 4 heteroatoms. The highest BCUT2D eigenvalue weighted by molar-refractivity contribution is 5.00. The van der Waals surface area contributed by atoms with Crippen molar-refractivity contribution in [3.05, 3.63) is 17.8 Å². The minimum Gasteiger partial charge on any atom is -0.444 e. The third kappa shape index (κ3) is 2.79. The highest BCUT2D eigenvalue weighted by atomic mass is 16.4. The molecule has 0 radical (unpaired) electrons. The summed E-state index contributed by atoms with van der Waals surface area (Å²) >= 11 is 0. The van der Waals surface area contributed by atoms with Gasteiger partial charge < -0.3 is 14.8 Å². The van der Waals surface area contributed by atoms with E-state index in [2.05, 4.69) is 10.3 Å². The van der Waals surface area contributed by atoms with Gasteiger partial charge in [-0.2, -0.15) is 0 Å². The average molecular weight is 210 g/mol. The van der Waals surface area contributed by atoms with Gasteiger partial charge in [0.1, 0.15) is 5.76 Å². The maximum absolute atomic E-state index is 9.22. The summed E-state index contributed by atoms with van der Waals surface area (Å²) in [5.74, 6) is 1.54. The molecular weight excluding hydrogens is 192 g/mol. The molecule has 1 fully saturated rings. The Morgan fingerprint density at radius 1 is 1.67 bits per heavy atom. The molecule has 1 saturated heterocycles. The zero-order valence-corrected chi connectivity index (χ0v) is 9.07. The number of aromatic nitrogens is 1. The first-order valence-corrected chi connectivity index (χ1v) is 5.62. The average Bonchev–Trinajstić information content (AvgIpc) is 2.67. The lowest BCUT2D eigenvalue weighted by Gasteiger charge is -2.20. The number of hydrogen-bond acceptors (Lipinski definition) is 4. The number of rotatable bonds is 3. The van der Waals surface area contributed by atoms with Gasteiger partial charge in [-0.1, -0.05) is 6.42 Å². The molecule has 1 aliphatic heterocycles. The molecule has 4 nitrogen and oxygen atoms in total. The van der Waals surface area contributed by atoms with Crippen LogP contribution in [0.4, 0.5) is 0 Å². The van der Waals surface area contributed by atoms with Gasteiger partial charge in [-0.3, -0.25) is 0 Å². The highest BCUT2D eigenvalue weighted by Gasteiger charge is 2.19. The van der Waals surface area contributed by atoms with Gasteiger partial charge in [-0.05, 0) is 26.3 Å². The Kier molecular flexibility index (Phi) is 3.38. The predicted molar refractivity (Wildman–Crippen MR) is 56.5 cm³/mol. The van der Waals surface area contributed by atoms with Crippen molar-refractivity contribution in [1.29, 1.82) is 0 Å². The van der Waals surface area contributed by atoms with Crippen LogP contribution in [0, 0.1) is 0 Å². The van der Waals surface area contributed by atoms with Crippen LogP contribution < -0.4 is 5.32 Å². The third-order valence-corrected chi connectivity index (χ3v) is 2.68. The molecule has 2 atom stereocenters. The summed E-state index contributed by atoms with van der Waals surface area (Å²) < 4.78 is 5.60. The number of hydrogen-bond donors (Lipinski definition) is 2. The van der Waals surface area contributed by atoms with Crippen LogP contribution in [0.3, 0.4) is 0 Å². The molecule has 1 aliphatic rings. The highest BCUT2D eigenvalue weighted by Crippen LogP contribution is 2.22. The van der Waals surface area contributed by atoms with E-state index in [4.69, 9.17) is 4.42 Å². The Labute approximate surface area is 89.7 Å². The summed E-state index contributed by atoms with van der Waals surface area (Å²) in [5, 5.41) is 12.6. The SMILES string of the molecule is CC(O)Cc1cnc(C2CCCCN2)o1. The second kappa shape index (κ2) is 4.77. The summed E-state index contributed by atoms with van der Waals surface area (Å²) in [7, 11) is 0. The number of nitrogens with zero attached hydrogens (tertiary/aromatic N) is 1. The molecule has 0 spiro atoms. The number of piperidine rings is 1. The number of nitrogens with one attached hydrogen (secondary N) is 1. The Hall–Kier alpha value is -0.870. The lowest BCUT2D eigenvalue weighted by atomic mass is 10.1. The molecular formula is C11H18N2O2. The molecule has 2 rings (SSSR count). The van der Waals surface area contributed by atoms with Crippen LogP contribution in [-0.4, -0.2) is 22.7 Å².